The maximum Gasteiger partial charge on any atom is 0.119 e. The van der Waals surface area contributed by atoms with Crippen LogP contribution in [0.4, 0.5) is 5.69 Å². The van der Waals surface area contributed by atoms with Crippen molar-refractivity contribution in [3.63, 3.8) is 0 Å². The van der Waals surface area contributed by atoms with E-state index < -0.39 is 0 Å². The van der Waals surface area contributed by atoms with Gasteiger partial charge in [-0.05, 0) is 74.0 Å². The van der Waals surface area contributed by atoms with E-state index in [2.05, 4.69) is 65.3 Å². The second-order valence-electron chi connectivity index (χ2n) is 8.40. The Balaban J connectivity index is 1.27. The lowest BCUT2D eigenvalue weighted by molar-refractivity contribution is 0.205. The van der Waals surface area contributed by atoms with Crippen LogP contribution < -0.4 is 9.64 Å². The van der Waals surface area contributed by atoms with Crippen molar-refractivity contribution in [1.82, 2.24) is 4.90 Å². The molecule has 1 fully saturated rings. The van der Waals surface area contributed by atoms with Gasteiger partial charge in [0.1, 0.15) is 5.75 Å². The molecular weight excluding hydrogens is 344 g/mol. The lowest BCUT2D eigenvalue weighted by atomic mass is 10.0. The largest absolute Gasteiger partial charge is 0.494 e. The van der Waals surface area contributed by atoms with Crippen LogP contribution >= 0.6 is 0 Å². The summed E-state index contributed by atoms with van der Waals surface area (Å²) in [4.78, 5) is 5.12. The van der Waals surface area contributed by atoms with Crippen LogP contribution in [-0.2, 0) is 6.42 Å². The summed E-state index contributed by atoms with van der Waals surface area (Å²) in [6.07, 6.45) is 6.39. The van der Waals surface area contributed by atoms with Crippen molar-refractivity contribution in [2.75, 3.05) is 44.2 Å². The monoisotopic (exact) mass is 378 g/mol. The number of benzene rings is 2. The van der Waals surface area contributed by atoms with Gasteiger partial charge in [0, 0.05) is 25.3 Å². The Morgan fingerprint density at radius 3 is 2.61 bits per heavy atom. The Bertz CT molecular complexity index is 739. The highest BCUT2D eigenvalue weighted by atomic mass is 16.5. The normalized spacial score (nSPS) is 18.1. The molecule has 0 aromatic heterocycles. The molecule has 2 aliphatic heterocycles. The molecule has 0 spiro atoms. The Morgan fingerprint density at radius 1 is 0.964 bits per heavy atom. The topological polar surface area (TPSA) is 15.7 Å². The van der Waals surface area contributed by atoms with Gasteiger partial charge in [-0.15, -0.1) is 0 Å². The van der Waals surface area contributed by atoms with E-state index in [1.165, 1.54) is 55.7 Å². The van der Waals surface area contributed by atoms with Gasteiger partial charge in [0.15, 0.2) is 0 Å². The highest BCUT2D eigenvalue weighted by molar-refractivity contribution is 5.60. The number of hydrogen-bond donors (Lipinski definition) is 0. The molecule has 0 bridgehead atoms. The van der Waals surface area contributed by atoms with Crippen molar-refractivity contribution in [3.8, 4) is 5.75 Å². The molecule has 0 unspecified atom stereocenters. The van der Waals surface area contributed by atoms with E-state index in [4.69, 9.17) is 4.74 Å². The fourth-order valence-electron chi connectivity index (χ4n) is 4.60. The van der Waals surface area contributed by atoms with Gasteiger partial charge in [0.25, 0.3) is 0 Å². The summed E-state index contributed by atoms with van der Waals surface area (Å²) < 4.78 is 6.06. The molecule has 2 heterocycles. The summed E-state index contributed by atoms with van der Waals surface area (Å²) >= 11 is 0. The van der Waals surface area contributed by atoms with Crippen LogP contribution in [0.3, 0.4) is 0 Å². The fourth-order valence-corrected chi connectivity index (χ4v) is 4.60. The minimum atomic E-state index is 0.540. The first kappa shape index (κ1) is 19.3. The number of fused-ring (bicyclic) bond motifs is 1. The van der Waals surface area contributed by atoms with E-state index in [9.17, 15) is 0 Å². The zero-order chi connectivity index (χ0) is 19.2. The van der Waals surface area contributed by atoms with Crippen molar-refractivity contribution in [1.29, 1.82) is 0 Å². The van der Waals surface area contributed by atoms with Crippen molar-refractivity contribution >= 4 is 5.69 Å². The number of nitrogens with zero attached hydrogens (tertiary/aromatic N) is 2. The Hall–Kier alpha value is -2.00. The molecular formula is C25H34N2O. The average Bonchev–Trinajstić information content (AvgIpc) is 3.14. The quantitative estimate of drug-likeness (QED) is 0.594. The minimum absolute atomic E-state index is 0.540. The first-order valence-corrected chi connectivity index (χ1v) is 11.1. The lowest BCUT2D eigenvalue weighted by Gasteiger charge is -2.26. The maximum absolute atomic E-state index is 6.06. The van der Waals surface area contributed by atoms with Crippen LogP contribution in [0.2, 0.25) is 0 Å². The van der Waals surface area contributed by atoms with Crippen LogP contribution in [-0.4, -0.2) is 44.2 Å². The van der Waals surface area contributed by atoms with Crippen LogP contribution in [0.15, 0.2) is 48.5 Å². The zero-order valence-electron chi connectivity index (χ0n) is 17.3. The first-order chi connectivity index (χ1) is 13.8. The number of hydrogen-bond acceptors (Lipinski definition) is 3. The first-order valence-electron chi connectivity index (χ1n) is 11.1. The Kier molecular flexibility index (Phi) is 6.53. The van der Waals surface area contributed by atoms with E-state index in [-0.39, 0.29) is 0 Å². The van der Waals surface area contributed by atoms with E-state index in [1.807, 2.05) is 0 Å². The van der Waals surface area contributed by atoms with Crippen molar-refractivity contribution in [2.24, 2.45) is 0 Å². The molecule has 3 nitrogen and oxygen atoms in total. The van der Waals surface area contributed by atoms with E-state index >= 15 is 0 Å². The third-order valence-corrected chi connectivity index (χ3v) is 6.24. The molecule has 0 amide bonds. The number of ether oxygens (including phenoxy) is 1. The average molecular weight is 379 g/mol. The molecule has 0 radical (unpaired) electrons. The Labute approximate surface area is 170 Å². The molecule has 150 valence electrons. The summed E-state index contributed by atoms with van der Waals surface area (Å²) in [5.41, 5.74) is 4.25. The van der Waals surface area contributed by atoms with Crippen LogP contribution in [0.25, 0.3) is 0 Å². The molecule has 1 saturated heterocycles. The van der Waals surface area contributed by atoms with Gasteiger partial charge in [-0.3, -0.25) is 0 Å². The highest BCUT2D eigenvalue weighted by Gasteiger charge is 2.21. The lowest BCUT2D eigenvalue weighted by Crippen LogP contribution is -2.31. The molecule has 0 aliphatic carbocycles. The molecule has 2 aliphatic rings. The molecule has 2 aromatic rings. The van der Waals surface area contributed by atoms with Gasteiger partial charge in [0.2, 0.25) is 0 Å². The predicted molar refractivity (Wildman–Crippen MR) is 118 cm³/mol. The summed E-state index contributed by atoms with van der Waals surface area (Å²) in [5, 5.41) is 0. The predicted octanol–water partition coefficient (Wildman–Crippen LogP) is 5.11. The summed E-state index contributed by atoms with van der Waals surface area (Å²) in [6, 6.07) is 17.5. The van der Waals surface area contributed by atoms with Gasteiger partial charge >= 0.3 is 0 Å². The third-order valence-electron chi connectivity index (χ3n) is 6.24. The van der Waals surface area contributed by atoms with Gasteiger partial charge in [0.05, 0.1) is 6.61 Å². The number of piperidine rings is 1. The van der Waals surface area contributed by atoms with Crippen molar-refractivity contribution in [3.05, 3.63) is 59.7 Å². The van der Waals surface area contributed by atoms with E-state index in [0.717, 1.165) is 38.3 Å². The molecule has 0 N–H and O–H groups in total. The fraction of sp³-hybridized carbons (Fsp3) is 0.520. The van der Waals surface area contributed by atoms with Crippen LogP contribution in [0, 0.1) is 0 Å². The highest BCUT2D eigenvalue weighted by Crippen LogP contribution is 2.33. The molecule has 3 heteroatoms. The number of rotatable bonds is 8. The molecule has 0 saturated carbocycles. The summed E-state index contributed by atoms with van der Waals surface area (Å²) in [7, 11) is 0. The maximum atomic E-state index is 6.06. The summed E-state index contributed by atoms with van der Waals surface area (Å²) in [5.74, 6) is 1.58. The third kappa shape index (κ3) is 4.88. The van der Waals surface area contributed by atoms with Gasteiger partial charge < -0.3 is 14.5 Å². The second kappa shape index (κ2) is 9.47. The van der Waals surface area contributed by atoms with Crippen molar-refractivity contribution in [2.45, 2.75) is 44.9 Å². The number of likely N-dealkylation sites (tertiary alicyclic amines) is 1. The summed E-state index contributed by atoms with van der Waals surface area (Å²) in [6.45, 7) is 9.07. The SMILES string of the molecule is C[C@@H](CN1CCc2cc(OCCCN3CCCCC3)ccc21)c1ccccc1. The van der Waals surface area contributed by atoms with Gasteiger partial charge in [-0.2, -0.15) is 0 Å². The second-order valence-corrected chi connectivity index (χ2v) is 8.40. The van der Waals surface area contributed by atoms with E-state index in [0.29, 0.717) is 5.92 Å². The molecule has 2 aromatic carbocycles. The smallest absolute Gasteiger partial charge is 0.119 e. The minimum Gasteiger partial charge on any atom is -0.494 e. The Morgan fingerprint density at radius 2 is 1.79 bits per heavy atom. The molecule has 1 atom stereocenters. The number of anilines is 1. The zero-order valence-corrected chi connectivity index (χ0v) is 17.3. The van der Waals surface area contributed by atoms with Gasteiger partial charge in [-0.1, -0.05) is 43.7 Å². The standard InChI is InChI=1S/C25H34N2O/c1-21(22-9-4-2-5-10-22)20-27-17-13-23-19-24(11-12-25(23)27)28-18-8-16-26-14-6-3-7-15-26/h2,4-5,9-12,19,21H,3,6-8,13-18,20H2,1H3/t21-/m0/s1. The van der Waals surface area contributed by atoms with E-state index in [1.54, 1.807) is 0 Å². The van der Waals surface area contributed by atoms with Gasteiger partial charge in [-0.25, -0.2) is 0 Å². The molecule has 4 rings (SSSR count). The van der Waals surface area contributed by atoms with Crippen LogP contribution in [0.1, 0.15) is 49.7 Å². The van der Waals surface area contributed by atoms with Crippen LogP contribution in [0.5, 0.6) is 5.75 Å². The van der Waals surface area contributed by atoms with Crippen molar-refractivity contribution < 1.29 is 4.74 Å². The molecule has 28 heavy (non-hydrogen) atoms.